The molecular weight excluding hydrogens is 248 g/mol. The van der Waals surface area contributed by atoms with Crippen molar-refractivity contribution in [2.24, 2.45) is 5.92 Å². The maximum atomic E-state index is 11.6. The Labute approximate surface area is 106 Å². The van der Waals surface area contributed by atoms with Crippen molar-refractivity contribution in [1.29, 1.82) is 0 Å². The van der Waals surface area contributed by atoms with Crippen LogP contribution in [-0.2, 0) is 4.79 Å². The number of aliphatic hydroxyl groups is 1. The second-order valence-corrected chi connectivity index (χ2v) is 5.31. The molecule has 1 aliphatic carbocycles. The summed E-state index contributed by atoms with van der Waals surface area (Å²) < 4.78 is 0. The summed E-state index contributed by atoms with van der Waals surface area (Å²) in [5.41, 5.74) is 0. The number of halogens is 1. The molecule has 0 bridgehead atoms. The first-order chi connectivity index (χ1) is 7.27. The third-order valence-corrected chi connectivity index (χ3v) is 4.13. The molecule has 1 amide bonds. The van der Waals surface area contributed by atoms with Crippen molar-refractivity contribution in [3.8, 4) is 0 Å². The van der Waals surface area contributed by atoms with E-state index in [-0.39, 0.29) is 36.4 Å². The molecule has 6 heteroatoms. The predicted octanol–water partition coefficient (Wildman–Crippen LogP) is 0.348. The van der Waals surface area contributed by atoms with Crippen LogP contribution in [0.4, 0.5) is 0 Å². The van der Waals surface area contributed by atoms with Crippen LogP contribution in [0.25, 0.3) is 0 Å². The van der Waals surface area contributed by atoms with Gasteiger partial charge < -0.3 is 10.4 Å². The molecule has 2 fully saturated rings. The van der Waals surface area contributed by atoms with Gasteiger partial charge in [-0.15, -0.1) is 24.2 Å². The topological polar surface area (TPSA) is 61.4 Å². The standard InChI is InChI=1S/C10H18N2O2S.ClH/c13-9-3-1-2-7(9)4-11-10(14)8-5-15-6-12-8;/h7-9,12-13H,1-6H2,(H,11,14);1H/t7?,8-,9?;/m1./s1. The highest BCUT2D eigenvalue weighted by atomic mass is 35.5. The van der Waals surface area contributed by atoms with Crippen molar-refractivity contribution in [3.63, 3.8) is 0 Å². The average Bonchev–Trinajstić information content (AvgIpc) is 2.85. The highest BCUT2D eigenvalue weighted by Crippen LogP contribution is 2.24. The minimum Gasteiger partial charge on any atom is -0.393 e. The van der Waals surface area contributed by atoms with E-state index in [1.807, 2.05) is 0 Å². The van der Waals surface area contributed by atoms with E-state index in [2.05, 4.69) is 10.6 Å². The number of hydrogen-bond acceptors (Lipinski definition) is 4. The first kappa shape index (κ1) is 14.1. The number of amides is 1. The van der Waals surface area contributed by atoms with E-state index in [4.69, 9.17) is 0 Å². The van der Waals surface area contributed by atoms with E-state index < -0.39 is 0 Å². The van der Waals surface area contributed by atoms with Gasteiger partial charge in [0.1, 0.15) is 0 Å². The summed E-state index contributed by atoms with van der Waals surface area (Å²) in [6.45, 7) is 0.628. The molecule has 1 heterocycles. The molecule has 2 unspecified atom stereocenters. The molecular formula is C10H19ClN2O2S. The Morgan fingerprint density at radius 1 is 1.50 bits per heavy atom. The summed E-state index contributed by atoms with van der Waals surface area (Å²) in [6.07, 6.45) is 2.79. The Bertz CT molecular complexity index is 237. The van der Waals surface area contributed by atoms with Crippen molar-refractivity contribution in [3.05, 3.63) is 0 Å². The van der Waals surface area contributed by atoms with E-state index >= 15 is 0 Å². The fourth-order valence-corrected chi connectivity index (χ4v) is 3.12. The Morgan fingerprint density at radius 3 is 2.88 bits per heavy atom. The molecule has 3 atom stereocenters. The molecule has 3 N–H and O–H groups in total. The van der Waals surface area contributed by atoms with Gasteiger partial charge in [-0.2, -0.15) is 0 Å². The van der Waals surface area contributed by atoms with E-state index in [0.717, 1.165) is 30.9 Å². The van der Waals surface area contributed by atoms with Crippen molar-refractivity contribution < 1.29 is 9.90 Å². The zero-order valence-corrected chi connectivity index (χ0v) is 10.8. The summed E-state index contributed by atoms with van der Waals surface area (Å²) >= 11 is 1.75. The molecule has 16 heavy (non-hydrogen) atoms. The lowest BCUT2D eigenvalue weighted by Crippen LogP contribution is -2.44. The van der Waals surface area contributed by atoms with Crippen molar-refractivity contribution >= 4 is 30.1 Å². The van der Waals surface area contributed by atoms with Crippen molar-refractivity contribution in [2.75, 3.05) is 18.2 Å². The summed E-state index contributed by atoms with van der Waals surface area (Å²) in [5.74, 6) is 2.07. The number of carbonyl (C=O) groups is 1. The van der Waals surface area contributed by atoms with Gasteiger partial charge in [-0.3, -0.25) is 10.1 Å². The Hall–Kier alpha value is 0.0300. The zero-order valence-electron chi connectivity index (χ0n) is 9.15. The molecule has 0 radical (unpaired) electrons. The van der Waals surface area contributed by atoms with Crippen LogP contribution in [-0.4, -0.2) is 41.3 Å². The summed E-state index contributed by atoms with van der Waals surface area (Å²) in [4.78, 5) is 11.6. The van der Waals surface area contributed by atoms with Crippen LogP contribution in [0.3, 0.4) is 0 Å². The predicted molar refractivity (Wildman–Crippen MR) is 67.9 cm³/mol. The Kier molecular flexibility index (Phi) is 5.89. The van der Waals surface area contributed by atoms with Gasteiger partial charge in [0.05, 0.1) is 12.1 Å². The van der Waals surface area contributed by atoms with E-state index in [1.165, 1.54) is 0 Å². The summed E-state index contributed by atoms with van der Waals surface area (Å²) in [5, 5.41) is 15.6. The van der Waals surface area contributed by atoms with Crippen LogP contribution < -0.4 is 10.6 Å². The van der Waals surface area contributed by atoms with Gasteiger partial charge in [0, 0.05) is 24.1 Å². The monoisotopic (exact) mass is 266 g/mol. The fraction of sp³-hybridized carbons (Fsp3) is 0.900. The minimum absolute atomic E-state index is 0. The molecule has 94 valence electrons. The van der Waals surface area contributed by atoms with Gasteiger partial charge in [-0.1, -0.05) is 6.42 Å². The van der Waals surface area contributed by atoms with Gasteiger partial charge in [0.25, 0.3) is 0 Å². The molecule has 2 aliphatic rings. The number of hydrogen-bond donors (Lipinski definition) is 3. The first-order valence-electron chi connectivity index (χ1n) is 5.54. The molecule has 0 aromatic heterocycles. The van der Waals surface area contributed by atoms with Gasteiger partial charge >= 0.3 is 0 Å². The number of nitrogens with one attached hydrogen (secondary N) is 2. The van der Waals surface area contributed by atoms with E-state index in [9.17, 15) is 9.90 Å². The first-order valence-corrected chi connectivity index (χ1v) is 6.70. The van der Waals surface area contributed by atoms with Crippen LogP contribution in [0.1, 0.15) is 19.3 Å². The normalized spacial score (nSPS) is 33.4. The average molecular weight is 267 g/mol. The maximum Gasteiger partial charge on any atom is 0.238 e. The molecule has 0 spiro atoms. The molecule has 0 aromatic rings. The lowest BCUT2D eigenvalue weighted by Gasteiger charge is -2.16. The van der Waals surface area contributed by atoms with Crippen LogP contribution in [0, 0.1) is 5.92 Å². The molecule has 1 saturated heterocycles. The van der Waals surface area contributed by atoms with Crippen molar-refractivity contribution in [1.82, 2.24) is 10.6 Å². The largest absolute Gasteiger partial charge is 0.393 e. The van der Waals surface area contributed by atoms with Gasteiger partial charge in [0.15, 0.2) is 0 Å². The maximum absolute atomic E-state index is 11.6. The Morgan fingerprint density at radius 2 is 2.31 bits per heavy atom. The SMILES string of the molecule is Cl.O=C(NCC1CCCC1O)[C@H]1CSCN1. The van der Waals surface area contributed by atoms with Gasteiger partial charge in [0.2, 0.25) is 5.91 Å². The van der Waals surface area contributed by atoms with Crippen LogP contribution >= 0.6 is 24.2 Å². The zero-order chi connectivity index (χ0) is 10.7. The van der Waals surface area contributed by atoms with Crippen LogP contribution in [0.5, 0.6) is 0 Å². The Balaban J connectivity index is 0.00000128. The molecule has 2 rings (SSSR count). The smallest absolute Gasteiger partial charge is 0.238 e. The summed E-state index contributed by atoms with van der Waals surface area (Å²) in [7, 11) is 0. The minimum atomic E-state index is -0.212. The second kappa shape index (κ2) is 6.69. The van der Waals surface area contributed by atoms with Crippen molar-refractivity contribution in [2.45, 2.75) is 31.4 Å². The lowest BCUT2D eigenvalue weighted by molar-refractivity contribution is -0.122. The van der Waals surface area contributed by atoms with Crippen LogP contribution in [0.15, 0.2) is 0 Å². The number of aliphatic hydroxyl groups excluding tert-OH is 1. The van der Waals surface area contributed by atoms with Gasteiger partial charge in [-0.25, -0.2) is 0 Å². The highest BCUT2D eigenvalue weighted by molar-refractivity contribution is 7.99. The fourth-order valence-electron chi connectivity index (χ4n) is 2.17. The molecule has 1 saturated carbocycles. The quantitative estimate of drug-likeness (QED) is 0.690. The van der Waals surface area contributed by atoms with Crippen LogP contribution in [0.2, 0.25) is 0 Å². The van der Waals surface area contributed by atoms with E-state index in [0.29, 0.717) is 6.54 Å². The number of rotatable bonds is 3. The van der Waals surface area contributed by atoms with E-state index in [1.54, 1.807) is 11.8 Å². The number of thioether (sulfide) groups is 1. The lowest BCUT2D eigenvalue weighted by atomic mass is 10.1. The number of carbonyl (C=O) groups excluding carboxylic acids is 1. The molecule has 4 nitrogen and oxygen atoms in total. The highest BCUT2D eigenvalue weighted by Gasteiger charge is 2.27. The van der Waals surface area contributed by atoms with Gasteiger partial charge in [-0.05, 0) is 12.8 Å². The second-order valence-electron chi connectivity index (χ2n) is 4.28. The molecule has 1 aliphatic heterocycles. The third-order valence-electron chi connectivity index (χ3n) is 3.19. The molecule has 0 aromatic carbocycles. The third kappa shape index (κ3) is 3.52. The summed E-state index contributed by atoms with van der Waals surface area (Å²) in [6, 6.07) is -0.0338.